The number of carbonyl (C=O) groups is 1. The molecular formula is C16H25N3O6S2. The molecule has 0 unspecified atom stereocenters. The first-order valence-corrected chi connectivity index (χ1v) is 11.8. The molecule has 0 saturated carbocycles. The molecule has 27 heavy (non-hydrogen) atoms. The van der Waals surface area contributed by atoms with Gasteiger partial charge in [0, 0.05) is 25.2 Å². The van der Waals surface area contributed by atoms with E-state index in [1.54, 1.807) is 0 Å². The van der Waals surface area contributed by atoms with Gasteiger partial charge < -0.3 is 10.1 Å². The first-order valence-electron chi connectivity index (χ1n) is 8.43. The Hall–Kier alpha value is -1.69. The second-order valence-corrected chi connectivity index (χ2v) is 10.2. The van der Waals surface area contributed by atoms with Crippen molar-refractivity contribution in [3.63, 3.8) is 0 Å². The average Bonchev–Trinajstić information content (AvgIpc) is 2.65. The molecule has 0 bridgehead atoms. The van der Waals surface area contributed by atoms with E-state index < -0.39 is 26.0 Å². The number of carbonyl (C=O) groups excluding carboxylic acids is 1. The molecule has 0 radical (unpaired) electrons. The molecule has 1 aromatic carbocycles. The zero-order chi connectivity index (χ0) is 20.2. The van der Waals surface area contributed by atoms with Crippen LogP contribution in [-0.2, 0) is 20.0 Å². The third-order valence-electron chi connectivity index (χ3n) is 4.58. The maximum Gasteiger partial charge on any atom is 0.251 e. The summed E-state index contributed by atoms with van der Waals surface area (Å²) in [7, 11) is -4.31. The maximum absolute atomic E-state index is 12.4. The Labute approximate surface area is 160 Å². The number of nitrogens with zero attached hydrogens (tertiary/aromatic N) is 1. The number of benzene rings is 1. The number of ether oxygens (including phenoxy) is 1. The Morgan fingerprint density at radius 3 is 2.37 bits per heavy atom. The lowest BCUT2D eigenvalue weighted by Crippen LogP contribution is -2.41. The second kappa shape index (κ2) is 8.55. The lowest BCUT2D eigenvalue weighted by Gasteiger charge is -2.30. The van der Waals surface area contributed by atoms with Crippen molar-refractivity contribution in [3.05, 3.63) is 23.8 Å². The van der Waals surface area contributed by atoms with Gasteiger partial charge in [0.1, 0.15) is 10.6 Å². The topological polar surface area (TPSA) is 122 Å². The number of nitrogens with one attached hydrogen (secondary N) is 2. The van der Waals surface area contributed by atoms with Crippen molar-refractivity contribution in [3.8, 4) is 5.75 Å². The molecule has 0 aliphatic carbocycles. The molecule has 1 aromatic rings. The summed E-state index contributed by atoms with van der Waals surface area (Å²) in [5, 5.41) is 2.79. The smallest absolute Gasteiger partial charge is 0.251 e. The van der Waals surface area contributed by atoms with E-state index in [0.29, 0.717) is 32.5 Å². The quantitative estimate of drug-likeness (QED) is 0.642. The number of methoxy groups -OCH3 is 1. The summed E-state index contributed by atoms with van der Waals surface area (Å²) in [6.45, 7) is 1.27. The number of hydrogen-bond donors (Lipinski definition) is 2. The van der Waals surface area contributed by atoms with Gasteiger partial charge in [-0.1, -0.05) is 0 Å². The monoisotopic (exact) mass is 419 g/mol. The highest BCUT2D eigenvalue weighted by Gasteiger charge is 2.25. The summed E-state index contributed by atoms with van der Waals surface area (Å²) in [5.41, 5.74) is 0.207. The van der Waals surface area contributed by atoms with E-state index in [1.165, 1.54) is 42.9 Å². The fourth-order valence-corrected chi connectivity index (χ4v) is 4.71. The third-order valence-corrected chi connectivity index (χ3v) is 7.32. The fraction of sp³-hybridized carbons (Fsp3) is 0.562. The largest absolute Gasteiger partial charge is 0.495 e. The summed E-state index contributed by atoms with van der Waals surface area (Å²) >= 11 is 0. The SMILES string of the molecule is CNS(=O)(=O)c1cc(C(=O)NCC2CCN(S(C)(=O)=O)CC2)ccc1OC. The van der Waals surface area contributed by atoms with Crippen LogP contribution >= 0.6 is 0 Å². The van der Waals surface area contributed by atoms with Crippen LogP contribution in [0.4, 0.5) is 0 Å². The van der Waals surface area contributed by atoms with Gasteiger partial charge in [-0.3, -0.25) is 4.79 Å². The lowest BCUT2D eigenvalue weighted by atomic mass is 9.98. The zero-order valence-electron chi connectivity index (χ0n) is 15.6. The number of rotatable bonds is 7. The summed E-state index contributed by atoms with van der Waals surface area (Å²) in [5.74, 6) is -0.0736. The highest BCUT2D eigenvalue weighted by molar-refractivity contribution is 7.89. The van der Waals surface area contributed by atoms with Crippen LogP contribution in [0.1, 0.15) is 23.2 Å². The molecule has 0 aromatic heterocycles. The molecule has 0 spiro atoms. The Morgan fingerprint density at radius 1 is 1.22 bits per heavy atom. The van der Waals surface area contributed by atoms with Crippen LogP contribution in [0.5, 0.6) is 5.75 Å². The molecule has 1 amide bonds. The number of sulfonamides is 2. The van der Waals surface area contributed by atoms with Crippen molar-refractivity contribution >= 4 is 26.0 Å². The Balaban J connectivity index is 2.02. The first-order chi connectivity index (χ1) is 12.6. The van der Waals surface area contributed by atoms with Gasteiger partial charge in [0.2, 0.25) is 20.0 Å². The van der Waals surface area contributed by atoms with E-state index in [2.05, 4.69) is 10.0 Å². The highest BCUT2D eigenvalue weighted by Crippen LogP contribution is 2.25. The molecule has 1 saturated heterocycles. The summed E-state index contributed by atoms with van der Waals surface area (Å²) in [4.78, 5) is 12.3. The van der Waals surface area contributed by atoms with E-state index in [-0.39, 0.29) is 22.1 Å². The van der Waals surface area contributed by atoms with E-state index >= 15 is 0 Å². The van der Waals surface area contributed by atoms with E-state index in [9.17, 15) is 21.6 Å². The summed E-state index contributed by atoms with van der Waals surface area (Å²) < 4.78 is 55.9. The predicted molar refractivity (Wildman–Crippen MR) is 101 cm³/mol. The van der Waals surface area contributed by atoms with Gasteiger partial charge >= 0.3 is 0 Å². The van der Waals surface area contributed by atoms with Crippen LogP contribution < -0.4 is 14.8 Å². The normalized spacial score (nSPS) is 16.9. The minimum Gasteiger partial charge on any atom is -0.495 e. The molecule has 152 valence electrons. The van der Waals surface area contributed by atoms with Crippen molar-refractivity contribution in [1.82, 2.24) is 14.3 Å². The van der Waals surface area contributed by atoms with Crippen molar-refractivity contribution < 1.29 is 26.4 Å². The molecule has 11 heteroatoms. The molecule has 2 rings (SSSR count). The van der Waals surface area contributed by atoms with Crippen LogP contribution in [0.2, 0.25) is 0 Å². The van der Waals surface area contributed by atoms with E-state index in [1.807, 2.05) is 0 Å². The van der Waals surface area contributed by atoms with Gasteiger partial charge in [0.25, 0.3) is 5.91 Å². The van der Waals surface area contributed by atoms with Crippen LogP contribution in [0.15, 0.2) is 23.1 Å². The standard InChI is InChI=1S/C16H25N3O6S2/c1-17-27(23,24)15-10-13(4-5-14(15)25-2)16(20)18-11-12-6-8-19(9-7-12)26(3,21)22/h4-5,10,12,17H,6-9,11H2,1-3H3,(H,18,20). The Bertz CT molecular complexity index is 891. The summed E-state index contributed by atoms with van der Waals surface area (Å²) in [6, 6.07) is 4.20. The number of piperidine rings is 1. The molecule has 0 atom stereocenters. The molecule has 9 nitrogen and oxygen atoms in total. The molecule has 2 N–H and O–H groups in total. The van der Waals surface area contributed by atoms with Gasteiger partial charge in [0.15, 0.2) is 0 Å². The van der Waals surface area contributed by atoms with Crippen LogP contribution in [0, 0.1) is 5.92 Å². The Kier molecular flexibility index (Phi) is 6.84. The molecular weight excluding hydrogens is 394 g/mol. The van der Waals surface area contributed by atoms with E-state index in [4.69, 9.17) is 4.74 Å². The van der Waals surface area contributed by atoms with Crippen molar-refractivity contribution in [2.75, 3.05) is 40.0 Å². The zero-order valence-corrected chi connectivity index (χ0v) is 17.2. The molecule has 1 fully saturated rings. The minimum atomic E-state index is -3.77. The molecule has 1 aliphatic heterocycles. The molecule has 1 aliphatic rings. The Morgan fingerprint density at radius 2 is 1.85 bits per heavy atom. The van der Waals surface area contributed by atoms with Crippen molar-refractivity contribution in [1.29, 1.82) is 0 Å². The van der Waals surface area contributed by atoms with Crippen molar-refractivity contribution in [2.45, 2.75) is 17.7 Å². The molecule has 1 heterocycles. The minimum absolute atomic E-state index is 0.110. The summed E-state index contributed by atoms with van der Waals surface area (Å²) in [6.07, 6.45) is 2.51. The van der Waals surface area contributed by atoms with Crippen LogP contribution in [-0.4, -0.2) is 67.1 Å². The lowest BCUT2D eigenvalue weighted by molar-refractivity contribution is 0.0941. The van der Waals surface area contributed by atoms with Gasteiger partial charge in [-0.15, -0.1) is 0 Å². The van der Waals surface area contributed by atoms with E-state index in [0.717, 1.165) is 0 Å². The second-order valence-electron chi connectivity index (χ2n) is 6.39. The first kappa shape index (κ1) is 21.6. The third kappa shape index (κ3) is 5.41. The average molecular weight is 420 g/mol. The van der Waals surface area contributed by atoms with Crippen molar-refractivity contribution in [2.24, 2.45) is 5.92 Å². The number of amides is 1. The maximum atomic E-state index is 12.4. The predicted octanol–water partition coefficient (Wildman–Crippen LogP) is 0.00470. The van der Waals surface area contributed by atoms with Crippen LogP contribution in [0.3, 0.4) is 0 Å². The fourth-order valence-electron chi connectivity index (χ4n) is 2.92. The van der Waals surface area contributed by atoms with Crippen LogP contribution in [0.25, 0.3) is 0 Å². The van der Waals surface area contributed by atoms with Gasteiger partial charge in [-0.05, 0) is 44.0 Å². The van der Waals surface area contributed by atoms with Gasteiger partial charge in [-0.2, -0.15) is 0 Å². The number of hydrogen-bond acceptors (Lipinski definition) is 6. The van der Waals surface area contributed by atoms with Gasteiger partial charge in [-0.25, -0.2) is 25.9 Å². The van der Waals surface area contributed by atoms with Gasteiger partial charge in [0.05, 0.1) is 13.4 Å². The highest BCUT2D eigenvalue weighted by atomic mass is 32.2.